The Labute approximate surface area is 103 Å². The first kappa shape index (κ1) is 13.4. The van der Waals surface area contributed by atoms with E-state index >= 15 is 0 Å². The fraction of sp³-hybridized carbons (Fsp3) is 0.462. The van der Waals surface area contributed by atoms with Gasteiger partial charge < -0.3 is 16.4 Å². The standard InChI is InChI=1S/C13H21N3O/c1-9-5-6-11(10(14)7-9)16-8-13(2,3)12(17)15-4/h5-7,16H,8,14H2,1-4H3,(H,15,17). The van der Waals surface area contributed by atoms with E-state index in [4.69, 9.17) is 5.73 Å². The maximum absolute atomic E-state index is 11.6. The molecular weight excluding hydrogens is 214 g/mol. The monoisotopic (exact) mass is 235 g/mol. The molecule has 0 aliphatic rings. The van der Waals surface area contributed by atoms with E-state index in [1.54, 1.807) is 7.05 Å². The van der Waals surface area contributed by atoms with Crippen LogP contribution in [0.4, 0.5) is 11.4 Å². The van der Waals surface area contributed by atoms with Gasteiger partial charge in [-0.1, -0.05) is 6.07 Å². The van der Waals surface area contributed by atoms with Crippen molar-refractivity contribution in [2.45, 2.75) is 20.8 Å². The van der Waals surface area contributed by atoms with Gasteiger partial charge in [0.1, 0.15) is 0 Å². The molecule has 1 aromatic carbocycles. The maximum atomic E-state index is 11.6. The van der Waals surface area contributed by atoms with Crippen molar-refractivity contribution < 1.29 is 4.79 Å². The first-order chi connectivity index (χ1) is 7.86. The summed E-state index contributed by atoms with van der Waals surface area (Å²) in [7, 11) is 1.64. The largest absolute Gasteiger partial charge is 0.397 e. The second kappa shape index (κ2) is 5.08. The Morgan fingerprint density at radius 2 is 2.06 bits per heavy atom. The molecule has 4 nitrogen and oxygen atoms in total. The lowest BCUT2D eigenvalue weighted by molar-refractivity contribution is -0.128. The fourth-order valence-electron chi connectivity index (χ4n) is 1.58. The number of aryl methyl sites for hydroxylation is 1. The van der Waals surface area contributed by atoms with Crippen LogP contribution in [-0.4, -0.2) is 19.5 Å². The van der Waals surface area contributed by atoms with Gasteiger partial charge in [0.25, 0.3) is 0 Å². The number of benzene rings is 1. The number of amides is 1. The van der Waals surface area contributed by atoms with Crippen molar-refractivity contribution in [3.05, 3.63) is 23.8 Å². The van der Waals surface area contributed by atoms with Gasteiger partial charge in [-0.25, -0.2) is 0 Å². The average Bonchev–Trinajstić information content (AvgIpc) is 2.26. The van der Waals surface area contributed by atoms with E-state index in [2.05, 4.69) is 10.6 Å². The Hall–Kier alpha value is -1.71. The number of nitrogens with one attached hydrogen (secondary N) is 2. The van der Waals surface area contributed by atoms with E-state index in [0.29, 0.717) is 12.2 Å². The lowest BCUT2D eigenvalue weighted by atomic mass is 9.92. The Kier molecular flexibility index (Phi) is 3.99. The van der Waals surface area contributed by atoms with Crippen LogP contribution >= 0.6 is 0 Å². The molecule has 0 aliphatic heterocycles. The van der Waals surface area contributed by atoms with E-state index in [0.717, 1.165) is 11.3 Å². The van der Waals surface area contributed by atoms with Gasteiger partial charge in [-0.15, -0.1) is 0 Å². The Morgan fingerprint density at radius 1 is 1.41 bits per heavy atom. The van der Waals surface area contributed by atoms with Crippen LogP contribution in [0.2, 0.25) is 0 Å². The van der Waals surface area contributed by atoms with Crippen molar-refractivity contribution in [1.82, 2.24) is 5.32 Å². The predicted molar refractivity (Wildman–Crippen MR) is 71.9 cm³/mol. The number of anilines is 2. The maximum Gasteiger partial charge on any atom is 0.227 e. The summed E-state index contributed by atoms with van der Waals surface area (Å²) in [6, 6.07) is 5.84. The molecule has 0 aliphatic carbocycles. The van der Waals surface area contributed by atoms with E-state index in [-0.39, 0.29) is 5.91 Å². The molecule has 0 saturated heterocycles. The lowest BCUT2D eigenvalue weighted by Crippen LogP contribution is -2.39. The molecule has 94 valence electrons. The van der Waals surface area contributed by atoms with Gasteiger partial charge in [-0.2, -0.15) is 0 Å². The Balaban J connectivity index is 2.70. The van der Waals surface area contributed by atoms with E-state index in [9.17, 15) is 4.79 Å². The summed E-state index contributed by atoms with van der Waals surface area (Å²) in [5.41, 5.74) is 8.13. The zero-order valence-corrected chi connectivity index (χ0v) is 10.9. The lowest BCUT2D eigenvalue weighted by Gasteiger charge is -2.24. The molecule has 17 heavy (non-hydrogen) atoms. The van der Waals surface area contributed by atoms with Gasteiger partial charge in [0.05, 0.1) is 16.8 Å². The minimum absolute atomic E-state index is 0.00989. The Bertz CT molecular complexity index is 413. The third-order valence-corrected chi connectivity index (χ3v) is 2.77. The quantitative estimate of drug-likeness (QED) is 0.697. The molecule has 0 fully saturated rings. The minimum Gasteiger partial charge on any atom is -0.397 e. The number of nitrogens with two attached hydrogens (primary N) is 1. The number of carbonyl (C=O) groups excluding carboxylic acids is 1. The first-order valence-electron chi connectivity index (χ1n) is 5.69. The van der Waals surface area contributed by atoms with Crippen molar-refractivity contribution in [3.8, 4) is 0 Å². The molecule has 0 spiro atoms. The highest BCUT2D eigenvalue weighted by Crippen LogP contribution is 2.22. The highest BCUT2D eigenvalue weighted by Gasteiger charge is 2.26. The average molecular weight is 235 g/mol. The zero-order chi connectivity index (χ0) is 13.1. The van der Waals surface area contributed by atoms with Crippen molar-refractivity contribution >= 4 is 17.3 Å². The molecule has 0 atom stereocenters. The molecule has 0 radical (unpaired) electrons. The van der Waals surface area contributed by atoms with Crippen LogP contribution in [0.1, 0.15) is 19.4 Å². The van der Waals surface area contributed by atoms with Gasteiger partial charge in [0, 0.05) is 13.6 Å². The van der Waals surface area contributed by atoms with Crippen molar-refractivity contribution in [2.24, 2.45) is 5.41 Å². The van der Waals surface area contributed by atoms with Crippen LogP contribution in [0.5, 0.6) is 0 Å². The van der Waals surface area contributed by atoms with Gasteiger partial charge >= 0.3 is 0 Å². The Morgan fingerprint density at radius 3 is 2.59 bits per heavy atom. The van der Waals surface area contributed by atoms with Crippen LogP contribution in [-0.2, 0) is 4.79 Å². The molecular formula is C13H21N3O. The number of hydrogen-bond acceptors (Lipinski definition) is 3. The van der Waals surface area contributed by atoms with Crippen molar-refractivity contribution in [2.75, 3.05) is 24.6 Å². The van der Waals surface area contributed by atoms with Crippen LogP contribution in [0.15, 0.2) is 18.2 Å². The molecule has 0 bridgehead atoms. The van der Waals surface area contributed by atoms with Crippen molar-refractivity contribution in [3.63, 3.8) is 0 Å². The summed E-state index contributed by atoms with van der Waals surface area (Å²) in [5.74, 6) is 0.00989. The predicted octanol–water partition coefficient (Wildman–Crippen LogP) is 1.76. The normalized spacial score (nSPS) is 11.1. The number of carbonyl (C=O) groups is 1. The zero-order valence-electron chi connectivity index (χ0n) is 10.9. The highest BCUT2D eigenvalue weighted by molar-refractivity contribution is 5.82. The molecule has 1 aromatic rings. The van der Waals surface area contributed by atoms with E-state index < -0.39 is 5.41 Å². The first-order valence-corrected chi connectivity index (χ1v) is 5.69. The third kappa shape index (κ3) is 3.37. The molecule has 0 saturated carbocycles. The van der Waals surface area contributed by atoms with Gasteiger partial charge in [-0.05, 0) is 38.5 Å². The molecule has 4 heteroatoms. The fourth-order valence-corrected chi connectivity index (χ4v) is 1.58. The summed E-state index contributed by atoms with van der Waals surface area (Å²) in [4.78, 5) is 11.6. The molecule has 0 unspecified atom stereocenters. The van der Waals surface area contributed by atoms with Crippen LogP contribution in [0.25, 0.3) is 0 Å². The topological polar surface area (TPSA) is 67.2 Å². The van der Waals surface area contributed by atoms with Gasteiger partial charge in [0.2, 0.25) is 5.91 Å². The summed E-state index contributed by atoms with van der Waals surface area (Å²) in [5, 5.41) is 5.86. The van der Waals surface area contributed by atoms with Crippen molar-refractivity contribution in [1.29, 1.82) is 0 Å². The highest BCUT2D eigenvalue weighted by atomic mass is 16.2. The number of rotatable bonds is 4. The third-order valence-electron chi connectivity index (χ3n) is 2.77. The molecule has 0 aromatic heterocycles. The van der Waals surface area contributed by atoms with Gasteiger partial charge in [0.15, 0.2) is 0 Å². The molecule has 1 rings (SSSR count). The molecule has 4 N–H and O–H groups in total. The summed E-state index contributed by atoms with van der Waals surface area (Å²) in [6.07, 6.45) is 0. The second-order valence-electron chi connectivity index (χ2n) is 4.91. The number of hydrogen-bond donors (Lipinski definition) is 3. The smallest absolute Gasteiger partial charge is 0.227 e. The van der Waals surface area contributed by atoms with E-state index in [1.165, 1.54) is 0 Å². The SMILES string of the molecule is CNC(=O)C(C)(C)CNc1ccc(C)cc1N. The number of nitrogen functional groups attached to an aromatic ring is 1. The van der Waals surface area contributed by atoms with Crippen LogP contribution in [0.3, 0.4) is 0 Å². The summed E-state index contributed by atoms with van der Waals surface area (Å²) >= 11 is 0. The van der Waals surface area contributed by atoms with Crippen LogP contribution in [0, 0.1) is 12.3 Å². The van der Waals surface area contributed by atoms with Crippen LogP contribution < -0.4 is 16.4 Å². The summed E-state index contributed by atoms with van der Waals surface area (Å²) < 4.78 is 0. The molecule has 1 amide bonds. The summed E-state index contributed by atoms with van der Waals surface area (Å²) in [6.45, 7) is 6.32. The molecule has 0 heterocycles. The van der Waals surface area contributed by atoms with E-state index in [1.807, 2.05) is 39.0 Å². The second-order valence-corrected chi connectivity index (χ2v) is 4.91. The minimum atomic E-state index is -0.466. The van der Waals surface area contributed by atoms with Gasteiger partial charge in [-0.3, -0.25) is 4.79 Å².